The molecule has 3 rings (SSSR count). The Morgan fingerprint density at radius 2 is 2.21 bits per heavy atom. The molecule has 19 heavy (non-hydrogen) atoms. The van der Waals surface area contributed by atoms with E-state index in [9.17, 15) is 0 Å². The fourth-order valence-corrected chi connectivity index (χ4v) is 3.99. The van der Waals surface area contributed by atoms with Crippen LogP contribution in [-0.2, 0) is 0 Å². The first kappa shape index (κ1) is 12.7. The molecule has 3 unspecified atom stereocenters. The van der Waals surface area contributed by atoms with E-state index in [0.29, 0.717) is 22.5 Å². The Balaban J connectivity index is 1.92. The van der Waals surface area contributed by atoms with Gasteiger partial charge in [0.15, 0.2) is 0 Å². The van der Waals surface area contributed by atoms with Crippen LogP contribution in [0.15, 0.2) is 12.3 Å². The number of nitrogens with zero attached hydrogens (tertiary/aromatic N) is 3. The van der Waals surface area contributed by atoms with Crippen LogP contribution in [0.3, 0.4) is 0 Å². The van der Waals surface area contributed by atoms with Gasteiger partial charge in [-0.05, 0) is 30.7 Å². The summed E-state index contributed by atoms with van der Waals surface area (Å²) in [5, 5.41) is 9.49. The molecule has 2 heterocycles. The van der Waals surface area contributed by atoms with Gasteiger partial charge in [0.1, 0.15) is 11.9 Å². The number of halogens is 1. The van der Waals surface area contributed by atoms with Crippen LogP contribution in [0.4, 0.5) is 5.82 Å². The van der Waals surface area contributed by atoms with Gasteiger partial charge in [-0.3, -0.25) is 0 Å². The maximum atomic E-state index is 8.89. The summed E-state index contributed by atoms with van der Waals surface area (Å²) < 4.78 is 0. The monoisotopic (exact) mass is 275 g/mol. The van der Waals surface area contributed by atoms with E-state index in [1.54, 1.807) is 12.3 Å². The number of hydrogen-bond acceptors (Lipinski definition) is 3. The van der Waals surface area contributed by atoms with E-state index in [0.717, 1.165) is 18.3 Å². The van der Waals surface area contributed by atoms with Crippen LogP contribution < -0.4 is 4.90 Å². The van der Waals surface area contributed by atoms with E-state index in [1.165, 1.54) is 25.7 Å². The summed E-state index contributed by atoms with van der Waals surface area (Å²) in [5.41, 5.74) is 0.529. The first-order valence-corrected chi connectivity index (χ1v) is 7.41. The van der Waals surface area contributed by atoms with Gasteiger partial charge in [-0.1, -0.05) is 31.4 Å². The van der Waals surface area contributed by atoms with Crippen molar-refractivity contribution >= 4 is 17.4 Å². The highest BCUT2D eigenvalue weighted by molar-refractivity contribution is 6.33. The van der Waals surface area contributed by atoms with E-state index in [-0.39, 0.29) is 0 Å². The molecule has 0 aromatic carbocycles. The van der Waals surface area contributed by atoms with Gasteiger partial charge in [0, 0.05) is 18.8 Å². The normalized spacial score (nSPS) is 29.9. The van der Waals surface area contributed by atoms with E-state index in [1.807, 2.05) is 0 Å². The molecule has 1 saturated heterocycles. The molecule has 2 aliphatic rings. The summed E-state index contributed by atoms with van der Waals surface area (Å²) in [6.07, 6.45) is 6.86. The molecule has 100 valence electrons. The fraction of sp³-hybridized carbons (Fsp3) is 0.600. The number of fused-ring (bicyclic) bond motifs is 1. The minimum Gasteiger partial charge on any atom is -0.352 e. The second-order valence-electron chi connectivity index (χ2n) is 5.79. The summed E-state index contributed by atoms with van der Waals surface area (Å²) in [6.45, 7) is 3.37. The van der Waals surface area contributed by atoms with Gasteiger partial charge in [-0.25, -0.2) is 4.98 Å². The highest BCUT2D eigenvalue weighted by Gasteiger charge is 2.41. The van der Waals surface area contributed by atoms with Gasteiger partial charge < -0.3 is 4.90 Å². The van der Waals surface area contributed by atoms with E-state index >= 15 is 0 Å². The highest BCUT2D eigenvalue weighted by atomic mass is 35.5. The van der Waals surface area contributed by atoms with Crippen LogP contribution in [0.5, 0.6) is 0 Å². The fourth-order valence-electron chi connectivity index (χ4n) is 3.72. The number of pyridine rings is 1. The summed E-state index contributed by atoms with van der Waals surface area (Å²) in [5.74, 6) is 2.35. The lowest BCUT2D eigenvalue weighted by molar-refractivity contribution is 0.293. The molecule has 0 radical (unpaired) electrons. The Hall–Kier alpha value is -1.27. The average Bonchev–Trinajstić information content (AvgIpc) is 2.76. The SMILES string of the molecule is CC1CN(c2ncc(C#N)cc2Cl)C2CCCCC12. The third kappa shape index (κ3) is 2.19. The lowest BCUT2D eigenvalue weighted by atomic mass is 9.80. The van der Waals surface area contributed by atoms with E-state index < -0.39 is 0 Å². The molecular weight excluding hydrogens is 258 g/mol. The standard InChI is InChI=1S/C15H18ClN3/c1-10-9-19(14-5-3-2-4-12(10)14)15-13(16)6-11(7-17)8-18-15/h6,8,10,12,14H,2-5,9H2,1H3. The second kappa shape index (κ2) is 5.02. The molecule has 3 atom stereocenters. The molecule has 1 aromatic rings. The minimum atomic E-state index is 0.529. The maximum Gasteiger partial charge on any atom is 0.147 e. The van der Waals surface area contributed by atoms with E-state index in [4.69, 9.17) is 16.9 Å². The summed E-state index contributed by atoms with van der Waals surface area (Å²) in [4.78, 5) is 6.80. The number of nitriles is 1. The van der Waals surface area contributed by atoms with Crippen molar-refractivity contribution in [2.45, 2.75) is 38.6 Å². The van der Waals surface area contributed by atoms with Crippen molar-refractivity contribution in [3.8, 4) is 6.07 Å². The van der Waals surface area contributed by atoms with E-state index in [2.05, 4.69) is 22.9 Å². The predicted octanol–water partition coefficient (Wildman–Crippen LogP) is 3.62. The van der Waals surface area contributed by atoms with Crippen molar-refractivity contribution in [3.05, 3.63) is 22.8 Å². The Bertz CT molecular complexity index is 523. The van der Waals surface area contributed by atoms with Crippen LogP contribution in [0.25, 0.3) is 0 Å². The van der Waals surface area contributed by atoms with Gasteiger partial charge >= 0.3 is 0 Å². The Morgan fingerprint density at radius 1 is 1.42 bits per heavy atom. The Morgan fingerprint density at radius 3 is 2.95 bits per heavy atom. The Kier molecular flexibility index (Phi) is 3.36. The minimum absolute atomic E-state index is 0.529. The second-order valence-corrected chi connectivity index (χ2v) is 6.19. The topological polar surface area (TPSA) is 39.9 Å². The van der Waals surface area contributed by atoms with Gasteiger partial charge in [-0.15, -0.1) is 0 Å². The van der Waals surface area contributed by atoms with Crippen molar-refractivity contribution in [3.63, 3.8) is 0 Å². The first-order chi connectivity index (χ1) is 9.20. The summed E-state index contributed by atoms with van der Waals surface area (Å²) >= 11 is 6.31. The highest BCUT2D eigenvalue weighted by Crippen LogP contribution is 2.42. The lowest BCUT2D eigenvalue weighted by Crippen LogP contribution is -2.35. The molecule has 1 aliphatic carbocycles. The zero-order chi connectivity index (χ0) is 13.4. The third-order valence-electron chi connectivity index (χ3n) is 4.62. The number of anilines is 1. The molecule has 1 saturated carbocycles. The van der Waals surface area contributed by atoms with Gasteiger partial charge in [0.2, 0.25) is 0 Å². The average molecular weight is 276 g/mol. The van der Waals surface area contributed by atoms with Crippen molar-refractivity contribution in [1.82, 2.24) is 4.98 Å². The first-order valence-electron chi connectivity index (χ1n) is 7.03. The van der Waals surface area contributed by atoms with Crippen molar-refractivity contribution in [1.29, 1.82) is 5.26 Å². The molecule has 0 N–H and O–H groups in total. The molecule has 3 nitrogen and oxygen atoms in total. The van der Waals surface area contributed by atoms with Crippen molar-refractivity contribution in [2.75, 3.05) is 11.4 Å². The molecule has 0 spiro atoms. The quantitative estimate of drug-likeness (QED) is 0.786. The van der Waals surface area contributed by atoms with Gasteiger partial charge in [0.05, 0.1) is 10.6 Å². The van der Waals surface area contributed by atoms with Crippen LogP contribution in [0, 0.1) is 23.2 Å². The molecule has 4 heteroatoms. The van der Waals surface area contributed by atoms with Crippen molar-refractivity contribution in [2.24, 2.45) is 11.8 Å². The predicted molar refractivity (Wildman–Crippen MR) is 76.2 cm³/mol. The largest absolute Gasteiger partial charge is 0.352 e. The van der Waals surface area contributed by atoms with Crippen LogP contribution in [-0.4, -0.2) is 17.6 Å². The molecule has 1 aromatic heterocycles. The Labute approximate surface area is 119 Å². The zero-order valence-corrected chi connectivity index (χ0v) is 11.9. The summed E-state index contributed by atoms with van der Waals surface area (Å²) in [6, 6.07) is 4.40. The van der Waals surface area contributed by atoms with Crippen LogP contribution in [0.2, 0.25) is 5.02 Å². The van der Waals surface area contributed by atoms with Gasteiger partial charge in [-0.2, -0.15) is 5.26 Å². The lowest BCUT2D eigenvalue weighted by Gasteiger charge is -2.33. The molecule has 1 aliphatic heterocycles. The van der Waals surface area contributed by atoms with Crippen molar-refractivity contribution < 1.29 is 0 Å². The summed E-state index contributed by atoms with van der Waals surface area (Å²) in [7, 11) is 0. The third-order valence-corrected chi connectivity index (χ3v) is 4.90. The van der Waals surface area contributed by atoms with Crippen LogP contribution in [0.1, 0.15) is 38.2 Å². The smallest absolute Gasteiger partial charge is 0.147 e. The van der Waals surface area contributed by atoms with Crippen LogP contribution >= 0.6 is 11.6 Å². The van der Waals surface area contributed by atoms with Gasteiger partial charge in [0.25, 0.3) is 0 Å². The molecule has 0 amide bonds. The number of aromatic nitrogens is 1. The maximum absolute atomic E-state index is 8.89. The number of hydrogen-bond donors (Lipinski definition) is 0. The number of rotatable bonds is 1. The zero-order valence-electron chi connectivity index (χ0n) is 11.1. The molecule has 2 fully saturated rings. The molecular formula is C15H18ClN3. The molecule has 0 bridgehead atoms.